The number of aliphatic carboxylic acids is 1. The van der Waals surface area contributed by atoms with E-state index in [1.807, 2.05) is 6.92 Å². The van der Waals surface area contributed by atoms with Gasteiger partial charge in [0.15, 0.2) is 0 Å². The van der Waals surface area contributed by atoms with Crippen LogP contribution in [0.5, 0.6) is 0 Å². The monoisotopic (exact) mass is 332 g/mol. The van der Waals surface area contributed by atoms with Crippen LogP contribution in [0.25, 0.3) is 10.9 Å². The van der Waals surface area contributed by atoms with E-state index in [0.717, 1.165) is 4.57 Å². The van der Waals surface area contributed by atoms with Gasteiger partial charge in [0.2, 0.25) is 5.91 Å². The highest BCUT2D eigenvalue weighted by molar-refractivity contribution is 5.84. The fraction of sp³-hybridized carbons (Fsp3) is 0.375. The third kappa shape index (κ3) is 3.37. The molecule has 0 saturated carbocycles. The number of aromatic nitrogens is 2. The quantitative estimate of drug-likeness (QED) is 0.712. The van der Waals surface area contributed by atoms with Crippen LogP contribution in [0.1, 0.15) is 26.3 Å². The van der Waals surface area contributed by atoms with Gasteiger partial charge in [0.1, 0.15) is 6.04 Å². The van der Waals surface area contributed by atoms with E-state index in [4.69, 9.17) is 0 Å². The lowest BCUT2D eigenvalue weighted by Crippen LogP contribution is -2.48. The number of nitrogens with zero attached hydrogens (tertiary/aromatic N) is 1. The minimum atomic E-state index is -1.45. The number of aromatic amines is 1. The summed E-state index contributed by atoms with van der Waals surface area (Å²) < 4.78 is 0.848. The van der Waals surface area contributed by atoms with Crippen molar-refractivity contribution < 1.29 is 14.7 Å². The van der Waals surface area contributed by atoms with Crippen molar-refractivity contribution in [3.8, 4) is 0 Å². The number of benzene rings is 1. The van der Waals surface area contributed by atoms with Crippen LogP contribution >= 0.6 is 0 Å². The SMILES string of the molecule is CC[C@H](C)[C@@H](C(=O)NCC(=O)[O-])n1c(=O)[nH]c2ccccc2c1=O. The van der Waals surface area contributed by atoms with Crippen LogP contribution in [0.15, 0.2) is 33.9 Å². The molecule has 1 amide bonds. The van der Waals surface area contributed by atoms with E-state index >= 15 is 0 Å². The minimum Gasteiger partial charge on any atom is -0.548 e. The first-order valence-corrected chi connectivity index (χ1v) is 7.58. The van der Waals surface area contributed by atoms with Crippen molar-refractivity contribution in [2.45, 2.75) is 26.3 Å². The average molecular weight is 332 g/mol. The molecular formula is C16H18N3O5-. The van der Waals surface area contributed by atoms with Crippen molar-refractivity contribution in [2.75, 3.05) is 6.54 Å². The summed E-state index contributed by atoms with van der Waals surface area (Å²) in [5.41, 5.74) is -0.933. The highest BCUT2D eigenvalue weighted by Crippen LogP contribution is 2.19. The van der Waals surface area contributed by atoms with Gasteiger partial charge >= 0.3 is 5.69 Å². The van der Waals surface area contributed by atoms with E-state index in [0.29, 0.717) is 11.9 Å². The first kappa shape index (κ1) is 17.5. The van der Waals surface area contributed by atoms with Gasteiger partial charge in [0.05, 0.1) is 23.4 Å². The average Bonchev–Trinajstić information content (AvgIpc) is 2.55. The van der Waals surface area contributed by atoms with Crippen molar-refractivity contribution in [1.29, 1.82) is 0 Å². The Morgan fingerprint density at radius 2 is 1.96 bits per heavy atom. The second kappa shape index (κ2) is 7.12. The fourth-order valence-corrected chi connectivity index (χ4v) is 2.55. The molecule has 128 valence electrons. The van der Waals surface area contributed by atoms with Gasteiger partial charge in [-0.05, 0) is 18.1 Å². The maximum absolute atomic E-state index is 12.7. The van der Waals surface area contributed by atoms with Gasteiger partial charge < -0.3 is 20.2 Å². The lowest BCUT2D eigenvalue weighted by molar-refractivity contribution is -0.304. The minimum absolute atomic E-state index is 0.276. The predicted molar refractivity (Wildman–Crippen MR) is 85.3 cm³/mol. The largest absolute Gasteiger partial charge is 0.548 e. The molecule has 0 fully saturated rings. The molecule has 0 aliphatic rings. The van der Waals surface area contributed by atoms with Crippen LogP contribution in [0.2, 0.25) is 0 Å². The van der Waals surface area contributed by atoms with E-state index in [1.165, 1.54) is 0 Å². The normalized spacial score (nSPS) is 13.4. The van der Waals surface area contributed by atoms with Crippen molar-refractivity contribution in [3.63, 3.8) is 0 Å². The fourth-order valence-electron chi connectivity index (χ4n) is 2.55. The van der Waals surface area contributed by atoms with Crippen LogP contribution in [-0.4, -0.2) is 28.0 Å². The standard InChI is InChI=1S/C16H19N3O5/c1-3-9(2)13(14(22)17-8-12(20)21)19-15(23)10-6-4-5-7-11(10)18-16(19)24/h4-7,9,13H,3,8H2,1-2H3,(H,17,22)(H,18,24)(H,20,21)/p-1/t9-,13-/m0/s1. The second-order valence-electron chi connectivity index (χ2n) is 5.57. The highest BCUT2D eigenvalue weighted by Gasteiger charge is 2.29. The summed E-state index contributed by atoms with van der Waals surface area (Å²) in [6.07, 6.45) is 0.516. The van der Waals surface area contributed by atoms with Crippen LogP contribution in [0.3, 0.4) is 0 Å². The molecule has 0 saturated heterocycles. The van der Waals surface area contributed by atoms with Crippen molar-refractivity contribution in [2.24, 2.45) is 5.92 Å². The van der Waals surface area contributed by atoms with Gasteiger partial charge in [-0.2, -0.15) is 0 Å². The molecule has 8 heteroatoms. The number of fused-ring (bicyclic) bond motifs is 1. The number of para-hydroxylation sites is 1. The first-order chi connectivity index (χ1) is 11.4. The molecule has 8 nitrogen and oxygen atoms in total. The van der Waals surface area contributed by atoms with Crippen molar-refractivity contribution in [1.82, 2.24) is 14.9 Å². The molecular weight excluding hydrogens is 314 g/mol. The van der Waals surface area contributed by atoms with Crippen LogP contribution < -0.4 is 21.7 Å². The summed E-state index contributed by atoms with van der Waals surface area (Å²) in [4.78, 5) is 50.5. The van der Waals surface area contributed by atoms with Gasteiger partial charge in [0, 0.05) is 0 Å². The number of carboxylic acids is 1. The number of amides is 1. The summed E-state index contributed by atoms with van der Waals surface area (Å²) in [6.45, 7) is 2.83. The van der Waals surface area contributed by atoms with E-state index in [9.17, 15) is 24.3 Å². The molecule has 0 unspecified atom stereocenters. The number of hydrogen-bond donors (Lipinski definition) is 2. The molecule has 0 spiro atoms. The highest BCUT2D eigenvalue weighted by atomic mass is 16.4. The number of rotatable bonds is 6. The lowest BCUT2D eigenvalue weighted by Gasteiger charge is -2.24. The number of carboxylic acid groups (broad SMARTS) is 1. The number of nitrogens with one attached hydrogen (secondary N) is 2. The Balaban J connectivity index is 2.60. The molecule has 1 aromatic heterocycles. The number of hydrogen-bond acceptors (Lipinski definition) is 5. The topological polar surface area (TPSA) is 124 Å². The molecule has 0 bridgehead atoms. The maximum Gasteiger partial charge on any atom is 0.329 e. The van der Waals surface area contributed by atoms with Gasteiger partial charge in [0.25, 0.3) is 5.56 Å². The van der Waals surface area contributed by atoms with Gasteiger partial charge in [-0.1, -0.05) is 32.4 Å². The van der Waals surface area contributed by atoms with E-state index in [-0.39, 0.29) is 11.3 Å². The molecule has 2 atom stereocenters. The summed E-state index contributed by atoms with van der Waals surface area (Å²) in [7, 11) is 0. The molecule has 0 radical (unpaired) electrons. The van der Waals surface area contributed by atoms with Crippen molar-refractivity contribution >= 4 is 22.8 Å². The smallest absolute Gasteiger partial charge is 0.329 e. The Morgan fingerprint density at radius 3 is 2.58 bits per heavy atom. The van der Waals surface area contributed by atoms with Crippen molar-refractivity contribution in [3.05, 3.63) is 45.1 Å². The Kier molecular flexibility index (Phi) is 5.18. The Bertz CT molecular complexity index is 883. The molecule has 1 aromatic carbocycles. The van der Waals surface area contributed by atoms with E-state index in [2.05, 4.69) is 10.3 Å². The van der Waals surface area contributed by atoms with Crippen LogP contribution in [0, 0.1) is 5.92 Å². The Hall–Kier alpha value is -2.90. The molecule has 0 aliphatic heterocycles. The molecule has 2 aromatic rings. The molecule has 24 heavy (non-hydrogen) atoms. The maximum atomic E-state index is 12.7. The molecule has 2 N–H and O–H groups in total. The summed E-state index contributed by atoms with van der Waals surface area (Å²) >= 11 is 0. The summed E-state index contributed by atoms with van der Waals surface area (Å²) in [5.74, 6) is -2.52. The third-order valence-corrected chi connectivity index (χ3v) is 3.97. The molecule has 2 rings (SSSR count). The van der Waals surface area contributed by atoms with Gasteiger partial charge in [-0.15, -0.1) is 0 Å². The predicted octanol–water partition coefficient (Wildman–Crippen LogP) is -0.857. The van der Waals surface area contributed by atoms with Crippen LogP contribution in [-0.2, 0) is 9.59 Å². The zero-order chi connectivity index (χ0) is 17.9. The first-order valence-electron chi connectivity index (χ1n) is 7.58. The Labute approximate surface area is 137 Å². The number of carbonyl (C=O) groups is 2. The zero-order valence-corrected chi connectivity index (χ0v) is 13.4. The van der Waals surface area contributed by atoms with Gasteiger partial charge in [-0.25, -0.2) is 9.36 Å². The number of carbonyl (C=O) groups excluding carboxylic acids is 2. The third-order valence-electron chi connectivity index (χ3n) is 3.97. The Morgan fingerprint density at radius 1 is 1.29 bits per heavy atom. The summed E-state index contributed by atoms with van der Waals surface area (Å²) in [5, 5.41) is 13.0. The van der Waals surface area contributed by atoms with Gasteiger partial charge in [-0.3, -0.25) is 9.59 Å². The molecule has 1 heterocycles. The van der Waals surface area contributed by atoms with E-state index in [1.54, 1.807) is 31.2 Å². The number of H-pyrrole nitrogens is 1. The van der Waals surface area contributed by atoms with E-state index < -0.39 is 35.7 Å². The van der Waals surface area contributed by atoms with Crippen LogP contribution in [0.4, 0.5) is 0 Å². The zero-order valence-electron chi connectivity index (χ0n) is 13.4. The second-order valence-corrected chi connectivity index (χ2v) is 5.57. The molecule has 0 aliphatic carbocycles. The lowest BCUT2D eigenvalue weighted by atomic mass is 9.98. The summed E-state index contributed by atoms with van der Waals surface area (Å²) in [6, 6.07) is 5.37.